The summed E-state index contributed by atoms with van der Waals surface area (Å²) in [4.78, 5) is 10.2. The Labute approximate surface area is 54.8 Å². The zero-order valence-corrected chi connectivity index (χ0v) is 5.42. The molecule has 0 amide bonds. The smallest absolute Gasteiger partial charge is 0.323 e. The quantitative estimate of drug-likeness (QED) is 0.470. The van der Waals surface area contributed by atoms with Crippen LogP contribution >= 0.6 is 0 Å². The second-order valence-corrected chi connectivity index (χ2v) is 2.42. The maximum atomic E-state index is 10.2. The normalized spacial score (nSPS) is 16.6. The van der Waals surface area contributed by atoms with E-state index in [2.05, 4.69) is 5.11 Å². The van der Waals surface area contributed by atoms with Crippen molar-refractivity contribution in [1.29, 1.82) is 1.43 Å². The average Bonchev–Trinajstić information content (AvgIpc) is 1.86. The van der Waals surface area contributed by atoms with Crippen LogP contribution in [0.25, 0.3) is 0 Å². The van der Waals surface area contributed by atoms with Crippen LogP contribution in [0.4, 0.5) is 0 Å². The summed E-state index contributed by atoms with van der Waals surface area (Å²) in [7, 11) is 0. The van der Waals surface area contributed by atoms with Gasteiger partial charge in [-0.05, 0) is 13.8 Å². The fraction of sp³-hybridized carbons (Fsp3) is 0.800. The second-order valence-electron chi connectivity index (χ2n) is 2.42. The van der Waals surface area contributed by atoms with Crippen LogP contribution in [0.3, 0.4) is 0 Å². The Morgan fingerprint density at radius 3 is 2.44 bits per heavy atom. The van der Waals surface area contributed by atoms with Crippen molar-refractivity contribution in [3.63, 3.8) is 0 Å². The van der Waals surface area contributed by atoms with Crippen LogP contribution in [-0.2, 0) is 4.79 Å². The first kappa shape index (κ1) is 6.51. The highest BCUT2D eigenvalue weighted by molar-refractivity contribution is 5.74. The third-order valence-corrected chi connectivity index (χ3v) is 1.02. The van der Waals surface area contributed by atoms with Crippen molar-refractivity contribution in [2.24, 2.45) is 5.73 Å². The Bertz CT molecular complexity index is 137. The van der Waals surface area contributed by atoms with E-state index in [4.69, 9.17) is 12.3 Å². The molecular formula is C5H11NO3. The lowest BCUT2D eigenvalue weighted by atomic mass is 10.0. The molecule has 0 aliphatic carbocycles. The highest BCUT2D eigenvalue weighted by Crippen LogP contribution is 2.04. The van der Waals surface area contributed by atoms with Gasteiger partial charge in [0.2, 0.25) is 1.43 Å². The number of aliphatic carboxylic acids is 1. The molecule has 0 radical (unpaired) electrons. The van der Waals surface area contributed by atoms with Gasteiger partial charge in [-0.3, -0.25) is 4.79 Å². The predicted molar refractivity (Wildman–Crippen MR) is 31.9 cm³/mol. The standard InChI is InChI=1S/C5H11NO3/c1-5(2,9)3(6)4(7)8/h3,9H,6H2,1-2H3,(H,7,8)/t3-/m1/s1/i9D. The number of aliphatic hydroxyl groups is 1. The van der Waals surface area contributed by atoms with Gasteiger partial charge in [-0.25, -0.2) is 0 Å². The zero-order valence-electron chi connectivity index (χ0n) is 6.42. The number of carbonyl (C=O) groups is 1. The van der Waals surface area contributed by atoms with Crippen molar-refractivity contribution in [3.05, 3.63) is 0 Å². The van der Waals surface area contributed by atoms with Crippen molar-refractivity contribution in [1.82, 2.24) is 0 Å². The average molecular weight is 134 g/mol. The van der Waals surface area contributed by atoms with E-state index in [9.17, 15) is 4.79 Å². The molecular weight excluding hydrogens is 122 g/mol. The Morgan fingerprint density at radius 2 is 2.33 bits per heavy atom. The number of carboxylic acid groups (broad SMARTS) is 1. The summed E-state index contributed by atoms with van der Waals surface area (Å²) < 4.78 is 6.49. The van der Waals surface area contributed by atoms with E-state index in [1.165, 1.54) is 13.8 Å². The Morgan fingerprint density at radius 1 is 1.89 bits per heavy atom. The molecule has 1 atom stereocenters. The SMILES string of the molecule is [2H]OC(C)(C)[C@H](N)C(=O)O. The van der Waals surface area contributed by atoms with E-state index in [1.54, 1.807) is 0 Å². The highest BCUT2D eigenvalue weighted by Gasteiger charge is 2.28. The predicted octanol–water partition coefficient (Wildman–Crippen LogP) is -0.831. The van der Waals surface area contributed by atoms with Gasteiger partial charge in [0.15, 0.2) is 0 Å². The number of nitrogens with two attached hydrogens (primary N) is 1. The Kier molecular flexibility index (Phi) is 1.68. The van der Waals surface area contributed by atoms with Crippen molar-refractivity contribution in [3.8, 4) is 0 Å². The molecule has 0 aromatic heterocycles. The Balaban J connectivity index is 4.17. The van der Waals surface area contributed by atoms with Crippen LogP contribution < -0.4 is 5.73 Å². The topological polar surface area (TPSA) is 83.5 Å². The first-order valence-corrected chi connectivity index (χ1v) is 2.54. The van der Waals surface area contributed by atoms with Crippen LogP contribution in [0.1, 0.15) is 13.8 Å². The minimum atomic E-state index is -1.17. The van der Waals surface area contributed by atoms with Gasteiger partial charge < -0.3 is 15.9 Å². The molecule has 54 valence electrons. The fourth-order valence-corrected chi connectivity index (χ4v) is 0.297. The molecule has 0 unspecified atom stereocenters. The molecule has 0 heterocycles. The minimum absolute atomic E-state index is 1.13. The number of carboxylic acids is 1. The van der Waals surface area contributed by atoms with Gasteiger partial charge in [0, 0.05) is 0 Å². The molecule has 4 nitrogen and oxygen atoms in total. The van der Waals surface area contributed by atoms with Crippen molar-refractivity contribution in [2.75, 3.05) is 0 Å². The molecule has 0 fully saturated rings. The summed E-state index contributed by atoms with van der Waals surface area (Å²) in [5.41, 5.74) is 4.03. The molecule has 0 aliphatic heterocycles. The zero-order chi connectivity index (χ0) is 8.36. The summed E-state index contributed by atoms with van der Waals surface area (Å²) in [6.45, 7) is 2.89. The van der Waals surface area contributed by atoms with E-state index in [0.717, 1.165) is 0 Å². The lowest BCUT2D eigenvalue weighted by Gasteiger charge is -2.20. The molecule has 4 N–H and O–H groups in total. The van der Waals surface area contributed by atoms with E-state index < -0.39 is 17.6 Å². The van der Waals surface area contributed by atoms with Gasteiger partial charge in [-0.15, -0.1) is 0 Å². The maximum Gasteiger partial charge on any atom is 0.323 e. The van der Waals surface area contributed by atoms with Crippen molar-refractivity contribution in [2.45, 2.75) is 25.5 Å². The Hall–Kier alpha value is -0.610. The van der Waals surface area contributed by atoms with Gasteiger partial charge in [-0.2, -0.15) is 0 Å². The van der Waals surface area contributed by atoms with Crippen molar-refractivity contribution >= 4 is 5.97 Å². The second kappa shape index (κ2) is 2.33. The third kappa shape index (κ3) is 2.43. The van der Waals surface area contributed by atoms with Crippen LogP contribution in [0.15, 0.2) is 0 Å². The number of rotatable bonds is 3. The summed E-state index contributed by atoms with van der Waals surface area (Å²) in [5.74, 6) is -1.17. The van der Waals surface area contributed by atoms with Gasteiger partial charge in [-0.1, -0.05) is 0 Å². The molecule has 0 bridgehead atoms. The van der Waals surface area contributed by atoms with E-state index in [-0.39, 0.29) is 0 Å². The first-order chi connectivity index (χ1) is 4.41. The lowest BCUT2D eigenvalue weighted by Crippen LogP contribution is -2.48. The van der Waals surface area contributed by atoms with Gasteiger partial charge >= 0.3 is 5.97 Å². The molecule has 0 aromatic rings. The summed E-state index contributed by atoms with van der Waals surface area (Å²) in [5, 5.41) is 12.5. The monoisotopic (exact) mass is 134 g/mol. The maximum absolute atomic E-state index is 10.2. The third-order valence-electron chi connectivity index (χ3n) is 1.02. The molecule has 0 aromatic carbocycles. The fourth-order valence-electron chi connectivity index (χ4n) is 0.297. The summed E-state index contributed by atoms with van der Waals surface area (Å²) in [6.07, 6.45) is 0. The lowest BCUT2D eigenvalue weighted by molar-refractivity contribution is -0.143. The molecule has 0 rings (SSSR count). The van der Waals surface area contributed by atoms with Crippen LogP contribution in [-0.4, -0.2) is 29.3 Å². The van der Waals surface area contributed by atoms with Gasteiger partial charge in [0.05, 0.1) is 5.60 Å². The van der Waals surface area contributed by atoms with Crippen molar-refractivity contribution < 1.29 is 15.0 Å². The molecule has 0 spiro atoms. The first-order valence-electron chi connectivity index (χ1n) is 2.95. The molecule has 0 aliphatic rings. The van der Waals surface area contributed by atoms with E-state index in [1.807, 2.05) is 0 Å². The van der Waals surface area contributed by atoms with E-state index in [0.29, 0.717) is 0 Å². The largest absolute Gasteiger partial charge is 0.480 e. The molecule has 0 saturated heterocycles. The van der Waals surface area contributed by atoms with E-state index >= 15 is 0 Å². The molecule has 9 heavy (non-hydrogen) atoms. The van der Waals surface area contributed by atoms with Gasteiger partial charge in [0.1, 0.15) is 6.04 Å². The van der Waals surface area contributed by atoms with Crippen LogP contribution in [0.5, 0.6) is 0 Å². The molecule has 0 saturated carbocycles. The summed E-state index contributed by atoms with van der Waals surface area (Å²) in [6, 6.07) is -1.16. The number of hydrogen-bond acceptors (Lipinski definition) is 3. The van der Waals surface area contributed by atoms with Crippen LogP contribution in [0.2, 0.25) is 0 Å². The van der Waals surface area contributed by atoms with Crippen LogP contribution in [0, 0.1) is 0 Å². The minimum Gasteiger partial charge on any atom is -0.480 e. The van der Waals surface area contributed by atoms with Gasteiger partial charge in [0.25, 0.3) is 0 Å². The number of hydrogen-bond donors (Lipinski definition) is 3. The summed E-state index contributed by atoms with van der Waals surface area (Å²) >= 11 is 0. The highest BCUT2D eigenvalue weighted by atomic mass is 16.4. The molecule has 4 heteroatoms.